The molecule has 3 heterocycles. The molecule has 158 valence electrons. The number of hydrogen-bond acceptors (Lipinski definition) is 5. The van der Waals surface area contributed by atoms with Gasteiger partial charge in [-0.15, -0.1) is 0 Å². The van der Waals surface area contributed by atoms with Gasteiger partial charge in [0.1, 0.15) is 17.9 Å². The molecular formula is C25H23NO5. The van der Waals surface area contributed by atoms with Gasteiger partial charge in [0.25, 0.3) is 5.91 Å². The van der Waals surface area contributed by atoms with Gasteiger partial charge in [-0.05, 0) is 42.7 Å². The molecule has 1 saturated heterocycles. The van der Waals surface area contributed by atoms with E-state index in [1.54, 1.807) is 35.2 Å². The average Bonchev–Trinajstić information content (AvgIpc) is 3.40. The molecule has 1 aromatic heterocycles. The smallest absolute Gasteiger partial charge is 0.291 e. The highest BCUT2D eigenvalue weighted by Crippen LogP contribution is 2.39. The second kappa shape index (κ2) is 8.04. The Bertz CT molecular complexity index is 1210. The normalized spacial score (nSPS) is 20.3. The zero-order valence-electron chi connectivity index (χ0n) is 17.1. The van der Waals surface area contributed by atoms with Crippen molar-refractivity contribution < 1.29 is 18.7 Å². The molecule has 2 unspecified atom stereocenters. The molecule has 0 spiro atoms. The van der Waals surface area contributed by atoms with E-state index in [9.17, 15) is 9.59 Å². The number of carbonyl (C=O) groups is 1. The molecule has 0 radical (unpaired) electrons. The van der Waals surface area contributed by atoms with Crippen LogP contribution in [0.25, 0.3) is 11.0 Å². The van der Waals surface area contributed by atoms with E-state index < -0.39 is 6.04 Å². The van der Waals surface area contributed by atoms with Crippen LogP contribution in [0, 0.1) is 0 Å². The van der Waals surface area contributed by atoms with Crippen LogP contribution in [0.3, 0.4) is 0 Å². The van der Waals surface area contributed by atoms with Crippen LogP contribution in [0.2, 0.25) is 0 Å². The summed E-state index contributed by atoms with van der Waals surface area (Å²) < 4.78 is 17.4. The third-order valence-corrected chi connectivity index (χ3v) is 5.84. The molecule has 2 aliphatic heterocycles. The van der Waals surface area contributed by atoms with Crippen molar-refractivity contribution in [1.29, 1.82) is 0 Å². The van der Waals surface area contributed by atoms with Crippen LogP contribution >= 0.6 is 0 Å². The van der Waals surface area contributed by atoms with Crippen LogP contribution in [0.4, 0.5) is 0 Å². The third-order valence-electron chi connectivity index (χ3n) is 5.84. The summed E-state index contributed by atoms with van der Waals surface area (Å²) in [6.07, 6.45) is 3.48. The topological polar surface area (TPSA) is 69.0 Å². The lowest BCUT2D eigenvalue weighted by Gasteiger charge is -2.27. The van der Waals surface area contributed by atoms with Crippen molar-refractivity contribution in [2.75, 3.05) is 19.8 Å². The number of amides is 1. The number of fused-ring (bicyclic) bond motifs is 2. The van der Waals surface area contributed by atoms with Crippen molar-refractivity contribution >= 4 is 16.9 Å². The Morgan fingerprint density at radius 3 is 2.84 bits per heavy atom. The first-order valence-electron chi connectivity index (χ1n) is 10.5. The van der Waals surface area contributed by atoms with Crippen LogP contribution in [0.15, 0.2) is 70.4 Å². The molecule has 6 nitrogen and oxygen atoms in total. The molecule has 2 aliphatic rings. The van der Waals surface area contributed by atoms with Crippen molar-refractivity contribution in [2.24, 2.45) is 0 Å². The minimum absolute atomic E-state index is 0.0505. The molecule has 0 aliphatic carbocycles. The molecule has 6 heteroatoms. The molecule has 5 rings (SSSR count). The van der Waals surface area contributed by atoms with Gasteiger partial charge in [0.15, 0.2) is 5.43 Å². The summed E-state index contributed by atoms with van der Waals surface area (Å²) in [5, 5.41) is 0.470. The number of ether oxygens (including phenoxy) is 2. The van der Waals surface area contributed by atoms with E-state index in [4.69, 9.17) is 13.9 Å². The number of benzene rings is 2. The lowest BCUT2D eigenvalue weighted by atomic mass is 9.98. The number of nitrogens with zero attached hydrogens (tertiary/aromatic N) is 1. The summed E-state index contributed by atoms with van der Waals surface area (Å²) in [6.45, 7) is 5.15. The maximum atomic E-state index is 13.5. The van der Waals surface area contributed by atoms with Crippen LogP contribution in [-0.4, -0.2) is 36.7 Å². The minimum Gasteiger partial charge on any atom is -0.490 e. The Kier molecular flexibility index (Phi) is 5.08. The Morgan fingerprint density at radius 2 is 2.03 bits per heavy atom. The van der Waals surface area contributed by atoms with Gasteiger partial charge in [-0.3, -0.25) is 9.59 Å². The fourth-order valence-corrected chi connectivity index (χ4v) is 4.44. The van der Waals surface area contributed by atoms with E-state index in [2.05, 4.69) is 6.58 Å². The molecule has 1 amide bonds. The highest BCUT2D eigenvalue weighted by Gasteiger charge is 2.44. The molecule has 31 heavy (non-hydrogen) atoms. The van der Waals surface area contributed by atoms with Gasteiger partial charge in [0.2, 0.25) is 5.76 Å². The van der Waals surface area contributed by atoms with Gasteiger partial charge in [0.05, 0.1) is 23.1 Å². The van der Waals surface area contributed by atoms with Gasteiger partial charge in [-0.2, -0.15) is 0 Å². The van der Waals surface area contributed by atoms with Gasteiger partial charge >= 0.3 is 0 Å². The van der Waals surface area contributed by atoms with Crippen molar-refractivity contribution in [3.63, 3.8) is 0 Å². The summed E-state index contributed by atoms with van der Waals surface area (Å²) in [4.78, 5) is 28.6. The third kappa shape index (κ3) is 3.43. The van der Waals surface area contributed by atoms with E-state index in [0.717, 1.165) is 18.4 Å². The predicted octanol–water partition coefficient (Wildman–Crippen LogP) is 4.08. The SMILES string of the molecule is C=CCOc1cccc(C2c3c(oc4ccccc4c3=O)C(=O)N2CC2CCCO2)c1. The zero-order chi connectivity index (χ0) is 21.4. The lowest BCUT2D eigenvalue weighted by Crippen LogP contribution is -2.36. The van der Waals surface area contributed by atoms with E-state index in [1.165, 1.54) is 0 Å². The Morgan fingerprint density at radius 1 is 1.16 bits per heavy atom. The van der Waals surface area contributed by atoms with Crippen LogP contribution in [-0.2, 0) is 4.74 Å². The maximum absolute atomic E-state index is 13.5. The molecule has 1 fully saturated rings. The molecular weight excluding hydrogens is 394 g/mol. The molecule has 0 N–H and O–H groups in total. The summed E-state index contributed by atoms with van der Waals surface area (Å²) >= 11 is 0. The van der Waals surface area contributed by atoms with Crippen molar-refractivity contribution in [1.82, 2.24) is 4.90 Å². The first-order valence-corrected chi connectivity index (χ1v) is 10.5. The quantitative estimate of drug-likeness (QED) is 0.565. The minimum atomic E-state index is -0.556. The zero-order valence-corrected chi connectivity index (χ0v) is 17.1. The summed E-state index contributed by atoms with van der Waals surface area (Å²) in [7, 11) is 0. The number of hydrogen-bond donors (Lipinski definition) is 0. The van der Waals surface area contributed by atoms with Crippen molar-refractivity contribution in [2.45, 2.75) is 25.0 Å². The van der Waals surface area contributed by atoms with Crippen LogP contribution in [0.1, 0.15) is 40.6 Å². The summed E-state index contributed by atoms with van der Waals surface area (Å²) in [5.74, 6) is 0.486. The Labute approximate surface area is 179 Å². The number of rotatable bonds is 6. The number of para-hydroxylation sites is 1. The molecule has 2 atom stereocenters. The van der Waals surface area contributed by atoms with Crippen LogP contribution < -0.4 is 10.2 Å². The Hall–Kier alpha value is -3.38. The fraction of sp³-hybridized carbons (Fsp3) is 0.280. The highest BCUT2D eigenvalue weighted by molar-refractivity contribution is 5.99. The van der Waals surface area contributed by atoms with E-state index in [0.29, 0.717) is 42.0 Å². The van der Waals surface area contributed by atoms with Gasteiger partial charge < -0.3 is 18.8 Å². The molecule has 2 aromatic carbocycles. The van der Waals surface area contributed by atoms with E-state index in [-0.39, 0.29) is 23.2 Å². The number of carbonyl (C=O) groups excluding carboxylic acids is 1. The Balaban J connectivity index is 1.66. The van der Waals surface area contributed by atoms with Gasteiger partial charge in [0, 0.05) is 13.2 Å². The average molecular weight is 417 g/mol. The summed E-state index contributed by atoms with van der Waals surface area (Å²) in [5.41, 5.74) is 1.42. The van der Waals surface area contributed by atoms with Gasteiger partial charge in [-0.1, -0.05) is 36.9 Å². The largest absolute Gasteiger partial charge is 0.490 e. The molecule has 0 bridgehead atoms. The monoisotopic (exact) mass is 417 g/mol. The molecule has 3 aromatic rings. The van der Waals surface area contributed by atoms with Crippen molar-refractivity contribution in [3.05, 3.63) is 88.3 Å². The summed E-state index contributed by atoms with van der Waals surface area (Å²) in [6, 6.07) is 14.0. The molecule has 0 saturated carbocycles. The van der Waals surface area contributed by atoms with E-state index in [1.807, 2.05) is 24.3 Å². The maximum Gasteiger partial charge on any atom is 0.291 e. The highest BCUT2D eigenvalue weighted by atomic mass is 16.5. The first kappa shape index (κ1) is 19.6. The van der Waals surface area contributed by atoms with Crippen molar-refractivity contribution in [3.8, 4) is 5.75 Å². The standard InChI is InChI=1S/C25H23NO5/c1-2-12-29-17-8-5-7-16(14-17)22-21-23(27)19-10-3-4-11-20(19)31-24(21)25(28)26(22)15-18-9-6-13-30-18/h2-5,7-8,10-11,14,18,22H,1,6,9,12-13,15H2. The lowest BCUT2D eigenvalue weighted by molar-refractivity contribution is 0.0486. The van der Waals surface area contributed by atoms with E-state index >= 15 is 0 Å². The second-order valence-corrected chi connectivity index (χ2v) is 7.84. The first-order chi connectivity index (χ1) is 15.2. The van der Waals surface area contributed by atoms with Gasteiger partial charge in [-0.25, -0.2) is 0 Å². The predicted molar refractivity (Wildman–Crippen MR) is 116 cm³/mol. The second-order valence-electron chi connectivity index (χ2n) is 7.84. The van der Waals surface area contributed by atoms with Crippen LogP contribution in [0.5, 0.6) is 5.75 Å². The fourth-order valence-electron chi connectivity index (χ4n) is 4.44.